The van der Waals surface area contributed by atoms with Crippen LogP contribution in [-0.2, 0) is 11.4 Å². The van der Waals surface area contributed by atoms with E-state index < -0.39 is 18.4 Å². The zero-order valence-corrected chi connectivity index (χ0v) is 16.4. The number of likely N-dealkylation sites (tertiary alicyclic amines) is 1. The van der Waals surface area contributed by atoms with Gasteiger partial charge in [-0.15, -0.1) is 0 Å². The summed E-state index contributed by atoms with van der Waals surface area (Å²) in [6.07, 6.45) is 1.93. The number of hydrogen-bond acceptors (Lipinski definition) is 4. The second-order valence-electron chi connectivity index (χ2n) is 7.52. The highest BCUT2D eigenvalue weighted by Crippen LogP contribution is 2.41. The Morgan fingerprint density at radius 1 is 1.10 bits per heavy atom. The number of aliphatic carboxylic acids is 1. The number of nitrogens with one attached hydrogen (secondary N) is 1. The molecule has 2 aromatic rings. The smallest absolute Gasteiger partial charge is 0.322 e. The first-order valence-corrected chi connectivity index (χ1v) is 9.79. The Morgan fingerprint density at radius 2 is 1.86 bits per heavy atom. The third kappa shape index (κ3) is 4.03. The van der Waals surface area contributed by atoms with Gasteiger partial charge in [-0.1, -0.05) is 29.8 Å². The van der Waals surface area contributed by atoms with Crippen molar-refractivity contribution in [1.29, 1.82) is 0 Å². The molecule has 150 valence electrons. The second kappa shape index (κ2) is 8.09. The number of benzene rings is 2. The van der Waals surface area contributed by atoms with Crippen LogP contribution in [0.3, 0.4) is 0 Å². The maximum atomic E-state index is 12.5. The first kappa shape index (κ1) is 19.2. The Labute approximate surface area is 169 Å². The number of hydrogen-bond donors (Lipinski definition) is 2. The molecule has 1 saturated heterocycles. The molecule has 1 fully saturated rings. The maximum absolute atomic E-state index is 12.5. The zero-order valence-electron chi connectivity index (χ0n) is 16.4. The second-order valence-corrected chi connectivity index (χ2v) is 7.52. The van der Waals surface area contributed by atoms with E-state index >= 15 is 0 Å². The molecule has 0 unspecified atom stereocenters. The monoisotopic (exact) mass is 392 g/mol. The molecule has 0 bridgehead atoms. The number of fused-ring (bicyclic) bond motifs is 2. The van der Waals surface area contributed by atoms with Gasteiger partial charge >= 0.3 is 5.97 Å². The van der Waals surface area contributed by atoms with E-state index in [-0.39, 0.29) is 0 Å². The fourth-order valence-corrected chi connectivity index (χ4v) is 3.96. The van der Waals surface area contributed by atoms with Gasteiger partial charge in [0.15, 0.2) is 0 Å². The highest BCUT2D eigenvalue weighted by molar-refractivity contribution is 5.98. The number of nitrogens with zero attached hydrogens (tertiary/aromatic N) is 1. The molecule has 0 atom stereocenters. The minimum absolute atomic E-state index is 0.402. The molecule has 2 aliphatic heterocycles. The summed E-state index contributed by atoms with van der Waals surface area (Å²) in [4.78, 5) is 25.6. The number of piperidine rings is 1. The molecule has 6 nitrogen and oxygen atoms in total. The van der Waals surface area contributed by atoms with Crippen LogP contribution in [0.15, 0.2) is 48.0 Å². The van der Waals surface area contributed by atoms with Gasteiger partial charge in [0.2, 0.25) is 0 Å². The molecule has 0 aliphatic carbocycles. The Hall–Kier alpha value is -3.12. The molecule has 0 spiro atoms. The third-order valence-electron chi connectivity index (χ3n) is 5.53. The van der Waals surface area contributed by atoms with E-state index in [1.165, 1.54) is 5.57 Å². The van der Waals surface area contributed by atoms with Crippen molar-refractivity contribution >= 4 is 17.4 Å². The van der Waals surface area contributed by atoms with Crippen molar-refractivity contribution in [1.82, 2.24) is 10.2 Å². The van der Waals surface area contributed by atoms with Gasteiger partial charge < -0.3 is 20.1 Å². The van der Waals surface area contributed by atoms with Crippen molar-refractivity contribution in [2.45, 2.75) is 19.4 Å². The highest BCUT2D eigenvalue weighted by atomic mass is 16.5. The average Bonchev–Trinajstić information content (AvgIpc) is 2.89. The van der Waals surface area contributed by atoms with Gasteiger partial charge in [0.05, 0.1) is 0 Å². The molecular formula is C23H24N2O4. The molecule has 0 aromatic heterocycles. The summed E-state index contributed by atoms with van der Waals surface area (Å²) in [5.41, 5.74) is 6.12. The molecule has 0 radical (unpaired) electrons. The van der Waals surface area contributed by atoms with E-state index in [1.54, 1.807) is 6.07 Å². The Morgan fingerprint density at radius 3 is 2.62 bits per heavy atom. The van der Waals surface area contributed by atoms with Crippen LogP contribution in [0.5, 0.6) is 5.75 Å². The lowest BCUT2D eigenvalue weighted by Gasteiger charge is -2.27. The number of ether oxygens (including phenoxy) is 1. The van der Waals surface area contributed by atoms with E-state index in [0.29, 0.717) is 12.2 Å². The fourth-order valence-electron chi connectivity index (χ4n) is 3.96. The zero-order chi connectivity index (χ0) is 20.4. The van der Waals surface area contributed by atoms with Gasteiger partial charge in [-0.2, -0.15) is 0 Å². The largest absolute Gasteiger partial charge is 0.488 e. The fraction of sp³-hybridized carbons (Fsp3) is 0.304. The van der Waals surface area contributed by atoms with Crippen molar-refractivity contribution in [3.05, 3.63) is 70.3 Å². The molecule has 6 heteroatoms. The van der Waals surface area contributed by atoms with E-state index in [1.807, 2.05) is 24.3 Å². The van der Waals surface area contributed by atoms with E-state index in [9.17, 15) is 9.59 Å². The van der Waals surface area contributed by atoms with Gasteiger partial charge in [-0.05, 0) is 54.8 Å². The summed E-state index contributed by atoms with van der Waals surface area (Å²) in [5, 5.41) is 11.3. The van der Waals surface area contributed by atoms with Crippen molar-refractivity contribution < 1.29 is 19.4 Å². The van der Waals surface area contributed by atoms with Gasteiger partial charge in [0.25, 0.3) is 5.91 Å². The Balaban J connectivity index is 1.82. The first-order valence-electron chi connectivity index (χ1n) is 9.79. The summed E-state index contributed by atoms with van der Waals surface area (Å²) in [6, 6.07) is 13.6. The van der Waals surface area contributed by atoms with Gasteiger partial charge in [-0.3, -0.25) is 9.59 Å². The lowest BCUT2D eigenvalue weighted by Crippen LogP contribution is -2.29. The summed E-state index contributed by atoms with van der Waals surface area (Å²) >= 11 is 0. The van der Waals surface area contributed by atoms with Crippen LogP contribution in [-0.4, -0.2) is 48.6 Å². The van der Waals surface area contributed by atoms with Crippen LogP contribution >= 0.6 is 0 Å². The Kier molecular flexibility index (Phi) is 5.36. The van der Waals surface area contributed by atoms with Crippen LogP contribution in [0.25, 0.3) is 5.57 Å². The molecule has 2 heterocycles. The number of rotatable bonds is 3. The standard InChI is InChI=1S/C23H24N2O4/c1-25-10-8-15(9-11-25)22-18-5-3-2-4-17(18)14-29-20-7-6-16(12-19(20)22)23(28)24-13-21(26)27/h2-7,12H,8-11,13-14H2,1H3,(H,24,28)(H,26,27). The van der Waals surface area contributed by atoms with Crippen molar-refractivity contribution in [3.63, 3.8) is 0 Å². The summed E-state index contributed by atoms with van der Waals surface area (Å²) < 4.78 is 6.08. The van der Waals surface area contributed by atoms with Crippen molar-refractivity contribution in [2.75, 3.05) is 26.7 Å². The molecule has 2 aromatic carbocycles. The van der Waals surface area contributed by atoms with Crippen molar-refractivity contribution in [2.24, 2.45) is 0 Å². The average molecular weight is 392 g/mol. The van der Waals surface area contributed by atoms with Crippen LogP contribution < -0.4 is 10.1 Å². The predicted octanol–water partition coefficient (Wildman–Crippen LogP) is 2.92. The molecule has 2 aliphatic rings. The minimum Gasteiger partial charge on any atom is -0.488 e. The topological polar surface area (TPSA) is 78.9 Å². The molecule has 1 amide bonds. The summed E-state index contributed by atoms with van der Waals surface area (Å²) in [5.74, 6) is -0.725. The predicted molar refractivity (Wildman–Crippen MR) is 110 cm³/mol. The minimum atomic E-state index is -1.07. The third-order valence-corrected chi connectivity index (χ3v) is 5.53. The molecule has 0 saturated carbocycles. The number of amides is 1. The molecular weight excluding hydrogens is 368 g/mol. The molecule has 4 rings (SSSR count). The van der Waals surface area contributed by atoms with Crippen LogP contribution in [0.1, 0.15) is 39.9 Å². The summed E-state index contributed by atoms with van der Waals surface area (Å²) in [7, 11) is 2.13. The lowest BCUT2D eigenvalue weighted by molar-refractivity contribution is -0.135. The quantitative estimate of drug-likeness (QED) is 0.840. The van der Waals surface area contributed by atoms with E-state index in [4.69, 9.17) is 9.84 Å². The Bertz CT molecular complexity index is 986. The normalized spacial score (nSPS) is 16.3. The highest BCUT2D eigenvalue weighted by Gasteiger charge is 2.25. The van der Waals surface area contributed by atoms with E-state index in [0.717, 1.165) is 53.9 Å². The lowest BCUT2D eigenvalue weighted by atomic mass is 9.86. The summed E-state index contributed by atoms with van der Waals surface area (Å²) in [6.45, 7) is 2.06. The van der Waals surface area contributed by atoms with Gasteiger partial charge in [-0.25, -0.2) is 0 Å². The number of carbonyl (C=O) groups excluding carboxylic acids is 1. The van der Waals surface area contributed by atoms with Crippen LogP contribution in [0, 0.1) is 0 Å². The SMILES string of the molecule is CN1CCC(=C2c3ccccc3COc3ccc(C(=O)NCC(=O)O)cc32)CC1. The van der Waals surface area contributed by atoms with Crippen molar-refractivity contribution in [3.8, 4) is 5.75 Å². The number of carboxylic acids is 1. The first-order chi connectivity index (χ1) is 14.0. The van der Waals surface area contributed by atoms with Gasteiger partial charge in [0, 0.05) is 24.2 Å². The maximum Gasteiger partial charge on any atom is 0.322 e. The van der Waals surface area contributed by atoms with Crippen LogP contribution in [0.4, 0.5) is 0 Å². The van der Waals surface area contributed by atoms with Gasteiger partial charge in [0.1, 0.15) is 18.9 Å². The molecule has 29 heavy (non-hydrogen) atoms. The number of carbonyl (C=O) groups is 2. The number of carboxylic acid groups (broad SMARTS) is 1. The van der Waals surface area contributed by atoms with E-state index in [2.05, 4.69) is 29.4 Å². The van der Waals surface area contributed by atoms with Crippen LogP contribution in [0.2, 0.25) is 0 Å². The molecule has 2 N–H and O–H groups in total.